The van der Waals surface area contributed by atoms with Crippen molar-refractivity contribution in [1.29, 1.82) is 5.41 Å². The average molecular weight is 487 g/mol. The third-order valence-electron chi connectivity index (χ3n) is 6.93. The number of nitrogens with two attached hydrogens (primary N) is 1. The molecule has 2 aromatic rings. The van der Waals surface area contributed by atoms with E-state index in [0.717, 1.165) is 31.2 Å². The number of benzene rings is 1. The third kappa shape index (κ3) is 4.42. The van der Waals surface area contributed by atoms with E-state index in [1.807, 2.05) is 13.8 Å². The van der Waals surface area contributed by atoms with E-state index in [-0.39, 0.29) is 42.0 Å². The van der Waals surface area contributed by atoms with E-state index in [0.29, 0.717) is 17.7 Å². The molecule has 0 saturated heterocycles. The Kier molecular flexibility index (Phi) is 6.69. The molecule has 0 radical (unpaired) electrons. The summed E-state index contributed by atoms with van der Waals surface area (Å²) in [6.45, 7) is 3.83. The van der Waals surface area contributed by atoms with Gasteiger partial charge in [-0.25, -0.2) is 4.98 Å². The number of nitrogens with zero attached hydrogens (tertiary/aromatic N) is 3. The monoisotopic (exact) mass is 486 g/mol. The molecule has 2 heterocycles. The first kappa shape index (κ1) is 24.2. The van der Waals surface area contributed by atoms with E-state index in [2.05, 4.69) is 10.3 Å². The number of halogens is 1. The second kappa shape index (κ2) is 9.38. The van der Waals surface area contributed by atoms with Crippen LogP contribution in [0, 0.1) is 5.41 Å². The molecule has 1 saturated carbocycles. The van der Waals surface area contributed by atoms with Crippen molar-refractivity contribution in [2.24, 2.45) is 5.73 Å². The van der Waals surface area contributed by atoms with Crippen molar-refractivity contribution in [3.63, 3.8) is 0 Å². The molecule has 2 aliphatic rings. The Balaban J connectivity index is 1.63. The minimum absolute atomic E-state index is 0.0180. The van der Waals surface area contributed by atoms with E-state index in [9.17, 15) is 14.7 Å². The number of aliphatic hydroxyl groups excluding tert-OH is 1. The normalized spacial score (nSPS) is 19.1. The maximum atomic E-state index is 13.6. The van der Waals surface area contributed by atoms with E-state index in [1.54, 1.807) is 29.2 Å². The largest absolute Gasteiger partial charge is 0.384 e. The maximum absolute atomic E-state index is 13.6. The molecular weight excluding hydrogens is 456 g/mol. The van der Waals surface area contributed by atoms with Gasteiger partial charge in [0.2, 0.25) is 5.91 Å². The SMILES string of the molecule is CC1(C)CC(C(=O)NCc2ccc(C(=N)N)cc2)n2c1c(Cl)nc(N(CO)C1CCCC1)c2=O. The van der Waals surface area contributed by atoms with Crippen LogP contribution in [-0.4, -0.2) is 39.2 Å². The summed E-state index contributed by atoms with van der Waals surface area (Å²) in [5.74, 6) is -0.205. The summed E-state index contributed by atoms with van der Waals surface area (Å²) >= 11 is 6.58. The summed E-state index contributed by atoms with van der Waals surface area (Å²) in [6, 6.07) is 6.35. The summed E-state index contributed by atoms with van der Waals surface area (Å²) in [5, 5.41) is 20.6. The van der Waals surface area contributed by atoms with Crippen LogP contribution < -0.4 is 21.5 Å². The van der Waals surface area contributed by atoms with Gasteiger partial charge in [-0.1, -0.05) is 62.6 Å². The van der Waals surface area contributed by atoms with Gasteiger partial charge in [-0.05, 0) is 24.8 Å². The fourth-order valence-corrected chi connectivity index (χ4v) is 5.58. The van der Waals surface area contributed by atoms with Gasteiger partial charge in [-0.2, -0.15) is 0 Å². The number of hydrogen-bond acceptors (Lipinski definition) is 6. The van der Waals surface area contributed by atoms with Crippen LogP contribution in [0.5, 0.6) is 0 Å². The smallest absolute Gasteiger partial charge is 0.294 e. The second-order valence-corrected chi connectivity index (χ2v) is 10.1. The zero-order valence-corrected chi connectivity index (χ0v) is 20.2. The summed E-state index contributed by atoms with van der Waals surface area (Å²) < 4.78 is 1.47. The minimum Gasteiger partial charge on any atom is -0.384 e. The van der Waals surface area contributed by atoms with Crippen LogP contribution in [0.3, 0.4) is 0 Å². The molecule has 1 aliphatic heterocycles. The van der Waals surface area contributed by atoms with Crippen molar-refractivity contribution in [3.8, 4) is 0 Å². The predicted molar refractivity (Wildman–Crippen MR) is 131 cm³/mol. The van der Waals surface area contributed by atoms with Gasteiger partial charge in [-0.3, -0.25) is 19.6 Å². The number of rotatable bonds is 7. The second-order valence-electron chi connectivity index (χ2n) is 9.73. The summed E-state index contributed by atoms with van der Waals surface area (Å²) in [6.07, 6.45) is 4.22. The number of amides is 1. The maximum Gasteiger partial charge on any atom is 0.294 e. The molecule has 4 rings (SSSR count). The van der Waals surface area contributed by atoms with Gasteiger partial charge in [0.05, 0.1) is 5.69 Å². The van der Waals surface area contributed by atoms with Gasteiger partial charge in [0, 0.05) is 23.6 Å². The Morgan fingerprint density at radius 1 is 1.32 bits per heavy atom. The molecule has 9 nitrogen and oxygen atoms in total. The quantitative estimate of drug-likeness (QED) is 0.269. The molecule has 1 aromatic carbocycles. The third-order valence-corrected chi connectivity index (χ3v) is 7.19. The summed E-state index contributed by atoms with van der Waals surface area (Å²) in [5.41, 5.74) is 6.57. The van der Waals surface area contributed by atoms with Crippen molar-refractivity contribution in [3.05, 3.63) is 56.6 Å². The average Bonchev–Trinajstić information content (AvgIpc) is 3.42. The highest BCUT2D eigenvalue weighted by Crippen LogP contribution is 2.43. The van der Waals surface area contributed by atoms with E-state index < -0.39 is 17.0 Å². The lowest BCUT2D eigenvalue weighted by atomic mass is 9.87. The van der Waals surface area contributed by atoms with Crippen LogP contribution in [0.2, 0.25) is 5.15 Å². The van der Waals surface area contributed by atoms with Crippen molar-refractivity contribution in [1.82, 2.24) is 14.9 Å². The molecule has 1 fully saturated rings. The highest BCUT2D eigenvalue weighted by Gasteiger charge is 2.44. The molecule has 34 heavy (non-hydrogen) atoms. The van der Waals surface area contributed by atoms with Gasteiger partial charge in [-0.15, -0.1) is 0 Å². The molecule has 1 aliphatic carbocycles. The van der Waals surface area contributed by atoms with Crippen molar-refractivity contribution < 1.29 is 9.90 Å². The zero-order valence-electron chi connectivity index (χ0n) is 19.5. The van der Waals surface area contributed by atoms with Crippen LogP contribution in [0.15, 0.2) is 29.1 Å². The highest BCUT2D eigenvalue weighted by molar-refractivity contribution is 6.30. The lowest BCUT2D eigenvalue weighted by molar-refractivity contribution is -0.124. The number of fused-ring (bicyclic) bond motifs is 1. The lowest BCUT2D eigenvalue weighted by Gasteiger charge is -2.28. The number of amidine groups is 1. The van der Waals surface area contributed by atoms with Crippen LogP contribution in [0.25, 0.3) is 0 Å². The van der Waals surface area contributed by atoms with Gasteiger partial charge < -0.3 is 21.1 Å². The molecule has 1 atom stereocenters. The van der Waals surface area contributed by atoms with Gasteiger partial charge in [0.25, 0.3) is 5.56 Å². The number of carbonyl (C=O) groups excluding carboxylic acids is 1. The molecule has 0 bridgehead atoms. The summed E-state index contributed by atoms with van der Waals surface area (Å²) in [7, 11) is 0. The van der Waals surface area contributed by atoms with Gasteiger partial charge in [0.15, 0.2) is 11.0 Å². The standard InChI is InChI=1S/C24H31ClN6O3/c1-24(2)11-17(22(33)28-12-14-7-9-15(10-8-14)20(26)27)31-18(24)19(25)29-21(23(31)34)30(13-32)16-5-3-4-6-16/h7-10,16-17,32H,3-6,11-13H2,1-2H3,(H3,26,27)(H,28,33). The molecular formula is C24H31ClN6O3. The Morgan fingerprint density at radius 2 is 1.97 bits per heavy atom. The molecule has 5 N–H and O–H groups in total. The van der Waals surface area contributed by atoms with Crippen molar-refractivity contribution >= 4 is 29.2 Å². The van der Waals surface area contributed by atoms with E-state index in [1.165, 1.54) is 4.57 Å². The molecule has 0 spiro atoms. The molecule has 10 heteroatoms. The summed E-state index contributed by atoms with van der Waals surface area (Å²) in [4.78, 5) is 32.9. The number of carbonyl (C=O) groups is 1. The van der Waals surface area contributed by atoms with Crippen molar-refractivity contribution in [2.45, 2.75) is 70.0 Å². The zero-order chi connectivity index (χ0) is 24.6. The topological polar surface area (TPSA) is 137 Å². The Morgan fingerprint density at radius 3 is 2.56 bits per heavy atom. The van der Waals surface area contributed by atoms with Crippen molar-refractivity contribution in [2.75, 3.05) is 11.6 Å². The van der Waals surface area contributed by atoms with Gasteiger partial charge in [0.1, 0.15) is 18.6 Å². The van der Waals surface area contributed by atoms with Crippen LogP contribution in [0.4, 0.5) is 5.82 Å². The fraction of sp³-hybridized carbons (Fsp3) is 0.500. The number of aliphatic hydroxyl groups is 1. The first-order valence-electron chi connectivity index (χ1n) is 11.5. The first-order chi connectivity index (χ1) is 16.1. The van der Waals surface area contributed by atoms with Crippen LogP contribution >= 0.6 is 11.6 Å². The molecule has 1 aromatic heterocycles. The minimum atomic E-state index is -0.739. The van der Waals surface area contributed by atoms with E-state index >= 15 is 0 Å². The number of nitrogens with one attached hydrogen (secondary N) is 2. The predicted octanol–water partition coefficient (Wildman–Crippen LogP) is 2.42. The van der Waals surface area contributed by atoms with Crippen LogP contribution in [0.1, 0.15) is 68.8 Å². The number of anilines is 1. The molecule has 1 unspecified atom stereocenters. The Bertz CT molecular complexity index is 1150. The van der Waals surface area contributed by atoms with E-state index in [4.69, 9.17) is 22.7 Å². The number of nitrogen functional groups attached to an aromatic ring is 1. The molecule has 182 valence electrons. The number of aromatic nitrogens is 2. The van der Waals surface area contributed by atoms with Crippen LogP contribution in [-0.2, 0) is 16.8 Å². The fourth-order valence-electron chi connectivity index (χ4n) is 5.15. The first-order valence-corrected chi connectivity index (χ1v) is 11.9. The highest BCUT2D eigenvalue weighted by atomic mass is 35.5. The lowest BCUT2D eigenvalue weighted by Crippen LogP contribution is -2.42. The Hall–Kier alpha value is -2.91. The number of hydrogen-bond donors (Lipinski definition) is 4. The van der Waals surface area contributed by atoms with Gasteiger partial charge >= 0.3 is 0 Å². The molecule has 1 amide bonds. The Labute approximate surface area is 203 Å².